The van der Waals surface area contributed by atoms with Crippen molar-refractivity contribution in [3.8, 4) is 0 Å². The van der Waals surface area contributed by atoms with Gasteiger partial charge in [-0.2, -0.15) is 0 Å². The van der Waals surface area contributed by atoms with Gasteiger partial charge in [0.25, 0.3) is 5.56 Å². The molecule has 5 rings (SSSR count). The van der Waals surface area contributed by atoms with E-state index in [4.69, 9.17) is 9.72 Å². The van der Waals surface area contributed by atoms with Gasteiger partial charge in [-0.25, -0.2) is 18.9 Å². The summed E-state index contributed by atoms with van der Waals surface area (Å²) in [6, 6.07) is 16.1. The van der Waals surface area contributed by atoms with Gasteiger partial charge in [0.2, 0.25) is 11.9 Å². The van der Waals surface area contributed by atoms with Crippen LogP contribution >= 0.6 is 0 Å². The van der Waals surface area contributed by atoms with Gasteiger partial charge in [0.05, 0.1) is 17.6 Å². The number of ether oxygens (including phenoxy) is 1. The predicted molar refractivity (Wildman–Crippen MR) is 148 cm³/mol. The molecule has 9 nitrogen and oxygen atoms in total. The van der Waals surface area contributed by atoms with Crippen molar-refractivity contribution in [1.82, 2.24) is 19.1 Å². The molecule has 4 aromatic rings. The molecule has 0 N–H and O–H groups in total. The van der Waals surface area contributed by atoms with E-state index in [1.807, 2.05) is 37.1 Å². The molecule has 204 valence electrons. The van der Waals surface area contributed by atoms with Crippen molar-refractivity contribution in [3.05, 3.63) is 82.5 Å². The van der Waals surface area contributed by atoms with E-state index in [2.05, 4.69) is 20.5 Å². The molecule has 0 aliphatic carbocycles. The zero-order valence-corrected chi connectivity index (χ0v) is 22.3. The number of carbonyl (C=O) groups is 1. The summed E-state index contributed by atoms with van der Waals surface area (Å²) < 4.78 is 22.4. The molecule has 0 bridgehead atoms. The summed E-state index contributed by atoms with van der Waals surface area (Å²) in [5, 5.41) is 0. The molecule has 10 heteroatoms. The number of nitrogens with zero attached hydrogens (tertiary/aromatic N) is 6. The van der Waals surface area contributed by atoms with Crippen molar-refractivity contribution in [1.29, 1.82) is 0 Å². The van der Waals surface area contributed by atoms with Gasteiger partial charge in [-0.1, -0.05) is 31.2 Å². The number of rotatable bonds is 9. The first-order chi connectivity index (χ1) is 18.9. The fourth-order valence-electron chi connectivity index (χ4n) is 5.09. The van der Waals surface area contributed by atoms with Crippen molar-refractivity contribution in [2.24, 2.45) is 0 Å². The lowest BCUT2D eigenvalue weighted by molar-refractivity contribution is -0.147. The Morgan fingerprint density at radius 2 is 1.82 bits per heavy atom. The highest BCUT2D eigenvalue weighted by atomic mass is 19.1. The first-order valence-electron chi connectivity index (χ1n) is 13.3. The van der Waals surface area contributed by atoms with E-state index in [1.54, 1.807) is 12.1 Å². The molecule has 0 radical (unpaired) electrons. The summed E-state index contributed by atoms with van der Waals surface area (Å²) in [4.78, 5) is 38.2. The molecular weight excluding hydrogens is 499 g/mol. The summed E-state index contributed by atoms with van der Waals surface area (Å²) >= 11 is 0. The first kappa shape index (κ1) is 26.4. The minimum Gasteiger partial charge on any atom is -0.444 e. The second-order valence-corrected chi connectivity index (χ2v) is 9.85. The lowest BCUT2D eigenvalue weighted by atomic mass is 10.0. The van der Waals surface area contributed by atoms with Gasteiger partial charge in [-0.05, 0) is 49.1 Å². The second-order valence-electron chi connectivity index (χ2n) is 9.85. The Kier molecular flexibility index (Phi) is 7.90. The maximum absolute atomic E-state index is 13.5. The van der Waals surface area contributed by atoms with E-state index < -0.39 is 0 Å². The molecule has 0 spiro atoms. The van der Waals surface area contributed by atoms with E-state index in [9.17, 15) is 14.0 Å². The van der Waals surface area contributed by atoms with Gasteiger partial charge in [-0.3, -0.25) is 9.59 Å². The Bertz CT molecular complexity index is 1490. The molecule has 2 aromatic heterocycles. The van der Waals surface area contributed by atoms with E-state index in [0.717, 1.165) is 48.5 Å². The molecule has 3 heterocycles. The maximum Gasteiger partial charge on any atom is 0.307 e. The number of para-hydroxylation sites is 2. The zero-order valence-electron chi connectivity index (χ0n) is 22.3. The van der Waals surface area contributed by atoms with E-state index >= 15 is 0 Å². The lowest BCUT2D eigenvalue weighted by Gasteiger charge is -2.38. The SMILES string of the molecule is CCCC(=O)OCn1c(N(C)C2CCN(c3nc4ccccc4n3Cc3ccc(F)cc3)CC2)nccc1=O. The summed E-state index contributed by atoms with van der Waals surface area (Å²) in [6.07, 6.45) is 4.15. The monoisotopic (exact) mass is 532 g/mol. The summed E-state index contributed by atoms with van der Waals surface area (Å²) in [7, 11) is 1.93. The highest BCUT2D eigenvalue weighted by Crippen LogP contribution is 2.28. The molecule has 2 aromatic carbocycles. The van der Waals surface area contributed by atoms with Crippen LogP contribution in [0.3, 0.4) is 0 Å². The standard InChI is InChI=1S/C29H33FN6O3/c1-3-6-27(38)39-20-36-26(37)13-16-31-28(36)33(2)23-14-17-34(18-15-23)29-32-24-7-4-5-8-25(24)35(29)19-21-9-11-22(30)12-10-21/h4-5,7-13,16,23H,3,6,14-15,17-20H2,1-2H3. The molecular formula is C29H33FN6O3. The average molecular weight is 533 g/mol. The minimum absolute atomic E-state index is 0.142. The Morgan fingerprint density at radius 1 is 1.08 bits per heavy atom. The van der Waals surface area contributed by atoms with Crippen molar-refractivity contribution in [3.63, 3.8) is 0 Å². The fourth-order valence-corrected chi connectivity index (χ4v) is 5.09. The van der Waals surface area contributed by atoms with E-state index in [-0.39, 0.29) is 30.1 Å². The van der Waals surface area contributed by atoms with Crippen LogP contribution < -0.4 is 15.4 Å². The Labute approximate surface area is 226 Å². The largest absolute Gasteiger partial charge is 0.444 e. The van der Waals surface area contributed by atoms with Crippen LogP contribution in [0.1, 0.15) is 38.2 Å². The molecule has 39 heavy (non-hydrogen) atoms. The van der Waals surface area contributed by atoms with Crippen LogP contribution in [-0.4, -0.2) is 51.3 Å². The summed E-state index contributed by atoms with van der Waals surface area (Å²) in [5.41, 5.74) is 2.70. The van der Waals surface area contributed by atoms with Crippen molar-refractivity contribution < 1.29 is 13.9 Å². The molecule has 1 saturated heterocycles. The Morgan fingerprint density at radius 3 is 2.56 bits per heavy atom. The number of carbonyl (C=O) groups excluding carboxylic acids is 1. The number of imidazole rings is 1. The van der Waals surface area contributed by atoms with Crippen LogP contribution in [0.2, 0.25) is 0 Å². The normalized spacial score (nSPS) is 14.1. The molecule has 0 atom stereocenters. The quantitative estimate of drug-likeness (QED) is 0.299. The number of hydrogen-bond donors (Lipinski definition) is 0. The smallest absolute Gasteiger partial charge is 0.307 e. The Hall–Kier alpha value is -4.21. The highest BCUT2D eigenvalue weighted by molar-refractivity contribution is 5.79. The minimum atomic E-state index is -0.335. The van der Waals surface area contributed by atoms with Crippen LogP contribution in [0, 0.1) is 5.82 Å². The van der Waals surface area contributed by atoms with Crippen LogP contribution in [0.5, 0.6) is 0 Å². The van der Waals surface area contributed by atoms with Gasteiger partial charge in [0, 0.05) is 44.9 Å². The van der Waals surface area contributed by atoms with Gasteiger partial charge in [-0.15, -0.1) is 0 Å². The van der Waals surface area contributed by atoms with Gasteiger partial charge in [0.15, 0.2) is 6.73 Å². The van der Waals surface area contributed by atoms with Gasteiger partial charge >= 0.3 is 5.97 Å². The fraction of sp³-hybridized carbons (Fsp3) is 0.379. The molecule has 0 unspecified atom stereocenters. The molecule has 0 amide bonds. The van der Waals surface area contributed by atoms with Crippen LogP contribution in [0.25, 0.3) is 11.0 Å². The van der Waals surface area contributed by atoms with Crippen molar-refractivity contribution in [2.45, 2.75) is 51.9 Å². The number of benzene rings is 2. The predicted octanol–water partition coefficient (Wildman–Crippen LogP) is 4.19. The second kappa shape index (κ2) is 11.7. The van der Waals surface area contributed by atoms with Crippen molar-refractivity contribution in [2.75, 3.05) is 29.9 Å². The molecule has 1 aliphatic rings. The van der Waals surface area contributed by atoms with Crippen LogP contribution in [0.15, 0.2) is 65.6 Å². The van der Waals surface area contributed by atoms with Gasteiger partial charge < -0.3 is 19.1 Å². The molecule has 0 saturated carbocycles. The number of aromatic nitrogens is 4. The van der Waals surface area contributed by atoms with Crippen LogP contribution in [0.4, 0.5) is 16.3 Å². The maximum atomic E-state index is 13.5. The summed E-state index contributed by atoms with van der Waals surface area (Å²) in [5.74, 6) is 0.782. The molecule has 1 fully saturated rings. The third-order valence-corrected chi connectivity index (χ3v) is 7.22. The van der Waals surface area contributed by atoms with Crippen molar-refractivity contribution >= 4 is 28.9 Å². The zero-order chi connectivity index (χ0) is 27.4. The number of halogens is 1. The van der Waals surface area contributed by atoms with Crippen LogP contribution in [-0.2, 0) is 22.8 Å². The van der Waals surface area contributed by atoms with Gasteiger partial charge in [0.1, 0.15) is 5.82 Å². The number of piperidine rings is 1. The third-order valence-electron chi connectivity index (χ3n) is 7.22. The van der Waals surface area contributed by atoms with E-state index in [1.165, 1.54) is 29.0 Å². The van der Waals surface area contributed by atoms with E-state index in [0.29, 0.717) is 25.3 Å². The molecule has 1 aliphatic heterocycles. The number of anilines is 2. The topological polar surface area (TPSA) is 85.5 Å². The average Bonchev–Trinajstić information content (AvgIpc) is 3.31. The lowest BCUT2D eigenvalue weighted by Crippen LogP contribution is -2.46. The Balaban J connectivity index is 1.33. The number of fused-ring (bicyclic) bond motifs is 1. The highest BCUT2D eigenvalue weighted by Gasteiger charge is 2.28. The number of hydrogen-bond acceptors (Lipinski definition) is 7. The number of esters is 1. The summed E-state index contributed by atoms with van der Waals surface area (Å²) in [6.45, 7) is 3.87. The third kappa shape index (κ3) is 5.79. The first-order valence-corrected chi connectivity index (χ1v) is 13.3.